The zero-order valence-corrected chi connectivity index (χ0v) is 25.1. The van der Waals surface area contributed by atoms with Gasteiger partial charge in [-0.1, -0.05) is 62.7 Å². The van der Waals surface area contributed by atoms with Gasteiger partial charge >= 0.3 is 0 Å². The Morgan fingerprint density at radius 1 is 1.38 bits per heavy atom. The molecule has 2 aromatic heterocycles. The molecular weight excluding hydrogens is 526 g/mol. The van der Waals surface area contributed by atoms with Crippen LogP contribution in [0.1, 0.15) is 66.6 Å². The zero-order chi connectivity index (χ0) is 28.2. The van der Waals surface area contributed by atoms with Crippen LogP contribution in [0.3, 0.4) is 0 Å². The summed E-state index contributed by atoms with van der Waals surface area (Å²) < 4.78 is 7.92. The number of thiophene rings is 1. The maximum absolute atomic E-state index is 13.0. The molecular formula is C30H37N5O2S2. The van der Waals surface area contributed by atoms with E-state index in [1.54, 1.807) is 17.4 Å². The van der Waals surface area contributed by atoms with Crippen molar-refractivity contribution in [2.45, 2.75) is 78.6 Å². The Balaban J connectivity index is 1.41. The topological polar surface area (TPSA) is 92.8 Å². The third-order valence-corrected chi connectivity index (χ3v) is 9.91. The number of benzene rings is 1. The van der Waals surface area contributed by atoms with Crippen molar-refractivity contribution in [1.82, 2.24) is 14.8 Å². The summed E-state index contributed by atoms with van der Waals surface area (Å²) in [6.45, 7) is 15.6. The average molecular weight is 564 g/mol. The minimum atomic E-state index is -0.165. The SMILES string of the molecule is C=CCn1c(COc2ccc(C)cc2C)nnc1SCC(=O)Nc1sc2c(c1C#N)CCC(C(C)(C)CC)C2. The van der Waals surface area contributed by atoms with E-state index in [9.17, 15) is 10.1 Å². The number of hydrogen-bond donors (Lipinski definition) is 1. The highest BCUT2D eigenvalue weighted by Crippen LogP contribution is 2.45. The number of hydrogen-bond acceptors (Lipinski definition) is 7. The van der Waals surface area contributed by atoms with Crippen LogP contribution < -0.4 is 10.1 Å². The molecule has 0 aliphatic heterocycles. The van der Waals surface area contributed by atoms with Crippen LogP contribution in [0.5, 0.6) is 5.75 Å². The summed E-state index contributed by atoms with van der Waals surface area (Å²) in [4.78, 5) is 14.2. The summed E-state index contributed by atoms with van der Waals surface area (Å²) in [5, 5.41) is 22.8. The predicted octanol–water partition coefficient (Wildman–Crippen LogP) is 6.87. The lowest BCUT2D eigenvalue weighted by Gasteiger charge is -2.36. The molecule has 9 heteroatoms. The number of ether oxygens (including phenoxy) is 1. The molecule has 1 aliphatic carbocycles. The molecule has 1 aromatic carbocycles. The number of allylic oxidation sites excluding steroid dienone is 1. The van der Waals surface area contributed by atoms with Crippen molar-refractivity contribution in [2.24, 2.45) is 11.3 Å². The number of thioether (sulfide) groups is 1. The van der Waals surface area contributed by atoms with Crippen molar-refractivity contribution in [3.8, 4) is 11.8 Å². The van der Waals surface area contributed by atoms with Crippen LogP contribution in [0.2, 0.25) is 0 Å². The standard InChI is InChI=1S/C30H37N5O2S2/c1-7-13-35-26(17-37-24-12-9-19(3)14-20(24)4)33-34-29(35)38-18-27(36)32-28-23(16-31)22-11-10-21(15-25(22)39-28)30(5,6)8-2/h7,9,12,14,21H,1,8,10-11,13,15,17-18H2,2-6H3,(H,32,36). The Hall–Kier alpha value is -3.09. The van der Waals surface area contributed by atoms with Gasteiger partial charge in [-0.3, -0.25) is 9.36 Å². The van der Waals surface area contributed by atoms with Crippen LogP contribution in [0.25, 0.3) is 0 Å². The number of carbonyl (C=O) groups excluding carboxylic acids is 1. The van der Waals surface area contributed by atoms with E-state index in [0.717, 1.165) is 42.6 Å². The second-order valence-electron chi connectivity index (χ2n) is 10.8. The molecule has 39 heavy (non-hydrogen) atoms. The molecule has 0 bridgehead atoms. The van der Waals surface area contributed by atoms with Crippen molar-refractivity contribution in [3.63, 3.8) is 0 Å². The fourth-order valence-electron chi connectivity index (χ4n) is 4.99. The molecule has 206 valence electrons. The number of carbonyl (C=O) groups is 1. The average Bonchev–Trinajstić information content (AvgIpc) is 3.46. The van der Waals surface area contributed by atoms with E-state index in [1.165, 1.54) is 22.2 Å². The molecule has 1 N–H and O–H groups in total. The molecule has 1 unspecified atom stereocenters. The third kappa shape index (κ3) is 6.56. The van der Waals surface area contributed by atoms with E-state index in [1.807, 2.05) is 23.6 Å². The monoisotopic (exact) mass is 563 g/mol. The first-order valence-corrected chi connectivity index (χ1v) is 15.2. The highest BCUT2D eigenvalue weighted by molar-refractivity contribution is 7.99. The van der Waals surface area contributed by atoms with Crippen molar-refractivity contribution >= 4 is 34.0 Å². The van der Waals surface area contributed by atoms with Crippen LogP contribution in [0.4, 0.5) is 5.00 Å². The van der Waals surface area contributed by atoms with Gasteiger partial charge in [-0.15, -0.1) is 28.1 Å². The van der Waals surface area contributed by atoms with Gasteiger partial charge in [0, 0.05) is 11.4 Å². The maximum Gasteiger partial charge on any atom is 0.235 e. The minimum absolute atomic E-state index is 0.159. The Kier molecular flexibility index (Phi) is 9.19. The normalized spacial score (nSPS) is 14.9. The molecule has 0 saturated carbocycles. The number of aryl methyl sites for hydroxylation is 2. The quantitative estimate of drug-likeness (QED) is 0.202. The third-order valence-electron chi connectivity index (χ3n) is 7.77. The van der Waals surface area contributed by atoms with Crippen molar-refractivity contribution in [1.29, 1.82) is 5.26 Å². The van der Waals surface area contributed by atoms with Gasteiger partial charge in [-0.25, -0.2) is 0 Å². The Morgan fingerprint density at radius 2 is 2.18 bits per heavy atom. The molecule has 1 amide bonds. The first-order valence-electron chi connectivity index (χ1n) is 13.4. The van der Waals surface area contributed by atoms with Crippen LogP contribution in [0.15, 0.2) is 36.0 Å². The predicted molar refractivity (Wildman–Crippen MR) is 158 cm³/mol. The van der Waals surface area contributed by atoms with Gasteiger partial charge in [0.25, 0.3) is 0 Å². The van der Waals surface area contributed by atoms with E-state index in [0.29, 0.717) is 34.0 Å². The molecule has 7 nitrogen and oxygen atoms in total. The Morgan fingerprint density at radius 3 is 2.87 bits per heavy atom. The fourth-order valence-corrected chi connectivity index (χ4v) is 7.05. The lowest BCUT2D eigenvalue weighted by atomic mass is 9.69. The van der Waals surface area contributed by atoms with Crippen molar-refractivity contribution < 1.29 is 9.53 Å². The van der Waals surface area contributed by atoms with Gasteiger partial charge in [0.1, 0.15) is 23.4 Å². The molecule has 2 heterocycles. The summed E-state index contributed by atoms with van der Waals surface area (Å²) in [6.07, 6.45) is 5.84. The minimum Gasteiger partial charge on any atom is -0.485 e. The summed E-state index contributed by atoms with van der Waals surface area (Å²) in [7, 11) is 0. The molecule has 0 radical (unpaired) electrons. The smallest absolute Gasteiger partial charge is 0.235 e. The second kappa shape index (κ2) is 12.4. The molecule has 4 rings (SSSR count). The molecule has 1 aliphatic rings. The van der Waals surface area contributed by atoms with Gasteiger partial charge in [0.15, 0.2) is 11.0 Å². The maximum atomic E-state index is 13.0. The van der Waals surface area contributed by atoms with Gasteiger partial charge in [0.05, 0.1) is 11.3 Å². The summed E-state index contributed by atoms with van der Waals surface area (Å²) in [5.41, 5.74) is 4.25. The van der Waals surface area contributed by atoms with E-state index >= 15 is 0 Å². The number of rotatable bonds is 11. The number of nitrogens with one attached hydrogen (secondary N) is 1. The molecule has 0 saturated heterocycles. The lowest BCUT2D eigenvalue weighted by Crippen LogP contribution is -2.28. The number of aromatic nitrogens is 3. The van der Waals surface area contributed by atoms with Gasteiger partial charge in [0.2, 0.25) is 5.91 Å². The van der Waals surface area contributed by atoms with Gasteiger partial charge < -0.3 is 10.1 Å². The summed E-state index contributed by atoms with van der Waals surface area (Å²) >= 11 is 2.87. The van der Waals surface area contributed by atoms with Crippen LogP contribution >= 0.6 is 23.1 Å². The fraction of sp³-hybridized carbons (Fsp3) is 0.467. The van der Waals surface area contributed by atoms with Crippen LogP contribution in [-0.2, 0) is 30.8 Å². The molecule has 0 spiro atoms. The number of fused-ring (bicyclic) bond motifs is 1. The van der Waals surface area contributed by atoms with Crippen molar-refractivity contribution in [3.05, 3.63) is 63.8 Å². The lowest BCUT2D eigenvalue weighted by molar-refractivity contribution is -0.113. The number of nitrogens with zero attached hydrogens (tertiary/aromatic N) is 4. The number of anilines is 1. The summed E-state index contributed by atoms with van der Waals surface area (Å²) in [6, 6.07) is 8.41. The van der Waals surface area contributed by atoms with Gasteiger partial charge in [-0.05, 0) is 61.6 Å². The van der Waals surface area contributed by atoms with Gasteiger partial charge in [-0.2, -0.15) is 5.26 Å². The van der Waals surface area contributed by atoms with E-state index in [2.05, 4.69) is 61.9 Å². The molecule has 0 fully saturated rings. The first kappa shape index (κ1) is 28.9. The molecule has 3 aromatic rings. The van der Waals surface area contributed by atoms with E-state index in [4.69, 9.17) is 4.74 Å². The number of nitriles is 1. The van der Waals surface area contributed by atoms with Crippen LogP contribution in [0, 0.1) is 36.5 Å². The van der Waals surface area contributed by atoms with E-state index in [-0.39, 0.29) is 23.7 Å². The molecule has 1 atom stereocenters. The Bertz CT molecular complexity index is 1400. The largest absolute Gasteiger partial charge is 0.485 e. The first-order chi connectivity index (χ1) is 18.7. The zero-order valence-electron chi connectivity index (χ0n) is 23.5. The van der Waals surface area contributed by atoms with E-state index < -0.39 is 0 Å². The highest BCUT2D eigenvalue weighted by Gasteiger charge is 2.34. The van der Waals surface area contributed by atoms with Crippen LogP contribution in [-0.4, -0.2) is 26.4 Å². The summed E-state index contributed by atoms with van der Waals surface area (Å²) in [5.74, 6) is 2.05. The highest BCUT2D eigenvalue weighted by atomic mass is 32.2. The Labute approximate surface area is 239 Å². The number of amides is 1. The van der Waals surface area contributed by atoms with Crippen molar-refractivity contribution in [2.75, 3.05) is 11.1 Å². The second-order valence-corrected chi connectivity index (χ2v) is 12.8.